The Labute approximate surface area is 98.3 Å². The summed E-state index contributed by atoms with van der Waals surface area (Å²) in [5.41, 5.74) is 0.0280. The summed E-state index contributed by atoms with van der Waals surface area (Å²) in [7, 11) is 0. The molecule has 88 valence electrons. The second kappa shape index (κ2) is 5.12. The highest BCUT2D eigenvalue weighted by molar-refractivity contribution is 7.07. The lowest BCUT2D eigenvalue weighted by molar-refractivity contribution is -0.146. The lowest BCUT2D eigenvalue weighted by Gasteiger charge is -2.19. The van der Waals surface area contributed by atoms with Crippen LogP contribution in [-0.2, 0) is 16.0 Å². The Morgan fingerprint density at radius 1 is 1.50 bits per heavy atom. The van der Waals surface area contributed by atoms with Crippen molar-refractivity contribution in [3.05, 3.63) is 22.4 Å². The second-order valence-electron chi connectivity index (χ2n) is 4.27. The SMILES string of the molecule is CC(C)(CNC(=O)Cc1ccsc1)C(=O)O. The van der Waals surface area contributed by atoms with E-state index in [1.165, 1.54) is 11.3 Å². The van der Waals surface area contributed by atoms with Gasteiger partial charge in [-0.05, 0) is 36.2 Å². The first-order valence-electron chi connectivity index (χ1n) is 4.93. The fourth-order valence-corrected chi connectivity index (χ4v) is 1.70. The minimum absolute atomic E-state index is 0.144. The van der Waals surface area contributed by atoms with Crippen LogP contribution in [0.2, 0.25) is 0 Å². The molecular weight excluding hydrogens is 226 g/mol. The van der Waals surface area contributed by atoms with Crippen molar-refractivity contribution in [1.82, 2.24) is 5.32 Å². The lowest BCUT2D eigenvalue weighted by Crippen LogP contribution is -2.39. The van der Waals surface area contributed by atoms with Gasteiger partial charge in [-0.15, -0.1) is 0 Å². The van der Waals surface area contributed by atoms with Gasteiger partial charge in [0, 0.05) is 6.54 Å². The molecule has 0 aliphatic carbocycles. The Morgan fingerprint density at radius 3 is 2.69 bits per heavy atom. The molecule has 0 radical (unpaired) electrons. The molecule has 1 heterocycles. The Bertz CT molecular complexity index is 371. The van der Waals surface area contributed by atoms with Crippen LogP contribution in [0.5, 0.6) is 0 Å². The topological polar surface area (TPSA) is 66.4 Å². The zero-order chi connectivity index (χ0) is 12.2. The molecule has 0 atom stereocenters. The Balaban J connectivity index is 2.39. The van der Waals surface area contributed by atoms with Gasteiger partial charge in [-0.1, -0.05) is 0 Å². The van der Waals surface area contributed by atoms with E-state index in [1.807, 2.05) is 16.8 Å². The maximum atomic E-state index is 11.5. The number of amides is 1. The fraction of sp³-hybridized carbons (Fsp3) is 0.455. The highest BCUT2D eigenvalue weighted by Crippen LogP contribution is 2.13. The van der Waals surface area contributed by atoms with Crippen LogP contribution in [0.3, 0.4) is 0 Å². The molecule has 0 bridgehead atoms. The summed E-state index contributed by atoms with van der Waals surface area (Å²) >= 11 is 1.54. The minimum atomic E-state index is -0.926. The molecule has 0 fully saturated rings. The van der Waals surface area contributed by atoms with Crippen molar-refractivity contribution in [3.8, 4) is 0 Å². The number of hydrogen-bond donors (Lipinski definition) is 2. The summed E-state index contributed by atoms with van der Waals surface area (Å²) in [6.45, 7) is 3.31. The van der Waals surface area contributed by atoms with E-state index in [0.29, 0.717) is 6.42 Å². The first kappa shape index (κ1) is 12.7. The summed E-state index contributed by atoms with van der Waals surface area (Å²) in [6, 6.07) is 1.88. The predicted octanol–water partition coefficient (Wildman–Crippen LogP) is 1.52. The first-order valence-corrected chi connectivity index (χ1v) is 5.87. The minimum Gasteiger partial charge on any atom is -0.481 e. The van der Waals surface area contributed by atoms with Crippen molar-refractivity contribution in [2.45, 2.75) is 20.3 Å². The third kappa shape index (κ3) is 3.66. The van der Waals surface area contributed by atoms with Gasteiger partial charge in [0.15, 0.2) is 0 Å². The van der Waals surface area contributed by atoms with Crippen LogP contribution < -0.4 is 5.32 Å². The molecule has 16 heavy (non-hydrogen) atoms. The van der Waals surface area contributed by atoms with Crippen LogP contribution in [0.4, 0.5) is 0 Å². The Kier molecular flexibility index (Phi) is 4.06. The fourth-order valence-electron chi connectivity index (χ4n) is 1.04. The molecule has 0 aromatic carbocycles. The van der Waals surface area contributed by atoms with Crippen molar-refractivity contribution in [2.24, 2.45) is 5.41 Å². The van der Waals surface area contributed by atoms with Gasteiger partial charge in [-0.3, -0.25) is 9.59 Å². The summed E-state index contributed by atoms with van der Waals surface area (Å²) in [5.74, 6) is -1.06. The number of aliphatic carboxylic acids is 1. The van der Waals surface area contributed by atoms with E-state index in [-0.39, 0.29) is 12.5 Å². The van der Waals surface area contributed by atoms with Gasteiger partial charge >= 0.3 is 5.97 Å². The van der Waals surface area contributed by atoms with Crippen LogP contribution in [0.25, 0.3) is 0 Å². The standard InChI is InChI=1S/C11H15NO3S/c1-11(2,10(14)15)7-12-9(13)5-8-3-4-16-6-8/h3-4,6H,5,7H2,1-2H3,(H,12,13)(H,14,15). The summed E-state index contributed by atoms with van der Waals surface area (Å²) in [4.78, 5) is 22.3. The number of carboxylic acid groups (broad SMARTS) is 1. The van der Waals surface area contributed by atoms with E-state index in [1.54, 1.807) is 13.8 Å². The van der Waals surface area contributed by atoms with Crippen molar-refractivity contribution in [1.29, 1.82) is 0 Å². The molecule has 2 N–H and O–H groups in total. The number of nitrogens with one attached hydrogen (secondary N) is 1. The molecule has 0 unspecified atom stereocenters. The summed E-state index contributed by atoms with van der Waals surface area (Å²) in [6.07, 6.45) is 0.305. The molecule has 0 aliphatic rings. The van der Waals surface area contributed by atoms with Crippen LogP contribution >= 0.6 is 11.3 Å². The number of carbonyl (C=O) groups is 2. The number of carbonyl (C=O) groups excluding carboxylic acids is 1. The van der Waals surface area contributed by atoms with Gasteiger partial charge in [0.25, 0.3) is 0 Å². The van der Waals surface area contributed by atoms with Gasteiger partial charge in [-0.25, -0.2) is 0 Å². The third-order valence-electron chi connectivity index (χ3n) is 2.25. The normalized spacial score (nSPS) is 11.1. The Hall–Kier alpha value is -1.36. The molecule has 4 nitrogen and oxygen atoms in total. The van der Waals surface area contributed by atoms with Crippen molar-refractivity contribution in [2.75, 3.05) is 6.54 Å². The number of rotatable bonds is 5. The quantitative estimate of drug-likeness (QED) is 0.821. The van der Waals surface area contributed by atoms with Crippen molar-refractivity contribution >= 4 is 23.2 Å². The highest BCUT2D eigenvalue weighted by atomic mass is 32.1. The number of hydrogen-bond acceptors (Lipinski definition) is 3. The zero-order valence-electron chi connectivity index (χ0n) is 9.32. The second-order valence-corrected chi connectivity index (χ2v) is 5.05. The maximum absolute atomic E-state index is 11.5. The molecular formula is C11H15NO3S. The zero-order valence-corrected chi connectivity index (χ0v) is 10.1. The average molecular weight is 241 g/mol. The predicted molar refractivity (Wildman–Crippen MR) is 62.4 cm³/mol. The van der Waals surface area contributed by atoms with Crippen LogP contribution in [-0.4, -0.2) is 23.5 Å². The monoisotopic (exact) mass is 241 g/mol. The maximum Gasteiger partial charge on any atom is 0.310 e. The van der Waals surface area contributed by atoms with E-state index in [0.717, 1.165) is 5.56 Å². The average Bonchev–Trinajstić information content (AvgIpc) is 2.67. The van der Waals surface area contributed by atoms with Gasteiger partial charge in [0.2, 0.25) is 5.91 Å². The van der Waals surface area contributed by atoms with Gasteiger partial charge < -0.3 is 10.4 Å². The van der Waals surface area contributed by atoms with Crippen LogP contribution in [0.1, 0.15) is 19.4 Å². The number of carboxylic acids is 1. The van der Waals surface area contributed by atoms with E-state index in [9.17, 15) is 9.59 Å². The largest absolute Gasteiger partial charge is 0.481 e. The molecule has 1 aromatic heterocycles. The summed E-state index contributed by atoms with van der Waals surface area (Å²) in [5, 5.41) is 15.3. The highest BCUT2D eigenvalue weighted by Gasteiger charge is 2.27. The van der Waals surface area contributed by atoms with E-state index in [4.69, 9.17) is 5.11 Å². The first-order chi connectivity index (χ1) is 7.42. The number of thiophene rings is 1. The van der Waals surface area contributed by atoms with Crippen LogP contribution in [0.15, 0.2) is 16.8 Å². The molecule has 1 amide bonds. The molecule has 1 rings (SSSR count). The van der Waals surface area contributed by atoms with E-state index < -0.39 is 11.4 Å². The molecule has 0 saturated carbocycles. The molecule has 0 saturated heterocycles. The van der Waals surface area contributed by atoms with Gasteiger partial charge in [0.05, 0.1) is 11.8 Å². The molecule has 0 spiro atoms. The third-order valence-corrected chi connectivity index (χ3v) is 2.98. The van der Waals surface area contributed by atoms with E-state index in [2.05, 4.69) is 5.32 Å². The Morgan fingerprint density at radius 2 is 2.19 bits per heavy atom. The van der Waals surface area contributed by atoms with E-state index >= 15 is 0 Å². The lowest BCUT2D eigenvalue weighted by atomic mass is 9.94. The molecule has 5 heteroatoms. The van der Waals surface area contributed by atoms with Crippen molar-refractivity contribution < 1.29 is 14.7 Å². The van der Waals surface area contributed by atoms with Crippen molar-refractivity contribution in [3.63, 3.8) is 0 Å². The van der Waals surface area contributed by atoms with Gasteiger partial charge in [0.1, 0.15) is 0 Å². The smallest absolute Gasteiger partial charge is 0.310 e. The molecule has 0 aliphatic heterocycles. The van der Waals surface area contributed by atoms with Gasteiger partial charge in [-0.2, -0.15) is 11.3 Å². The molecule has 1 aromatic rings. The van der Waals surface area contributed by atoms with Crippen LogP contribution in [0, 0.1) is 5.41 Å². The summed E-state index contributed by atoms with van der Waals surface area (Å²) < 4.78 is 0.